The molecule has 1 atom stereocenters. The summed E-state index contributed by atoms with van der Waals surface area (Å²) in [5.74, 6) is 0.748. The van der Waals surface area contributed by atoms with E-state index < -0.39 is 0 Å². The Morgan fingerprint density at radius 2 is 2.13 bits per heavy atom. The number of imidazole rings is 1. The van der Waals surface area contributed by atoms with Gasteiger partial charge in [-0.25, -0.2) is 4.98 Å². The first-order chi connectivity index (χ1) is 11.2. The Morgan fingerprint density at radius 1 is 1.30 bits per heavy atom. The van der Waals surface area contributed by atoms with Gasteiger partial charge in [0, 0.05) is 18.9 Å². The fourth-order valence-electron chi connectivity index (χ4n) is 2.73. The molecule has 0 aliphatic carbocycles. The van der Waals surface area contributed by atoms with Crippen LogP contribution in [0.15, 0.2) is 42.7 Å². The maximum absolute atomic E-state index is 12.3. The van der Waals surface area contributed by atoms with E-state index in [9.17, 15) is 4.79 Å². The number of carbonyl (C=O) groups is 1. The SMILES string of the molecule is CCn1c(CNC(=O)[C@H](C)Cn2cccn2)nc2ccccc21. The second-order valence-electron chi connectivity index (χ2n) is 5.61. The molecule has 120 valence electrons. The van der Waals surface area contributed by atoms with E-state index in [4.69, 9.17) is 0 Å². The van der Waals surface area contributed by atoms with Gasteiger partial charge in [-0.3, -0.25) is 9.48 Å². The van der Waals surface area contributed by atoms with Crippen LogP contribution in [0.2, 0.25) is 0 Å². The van der Waals surface area contributed by atoms with Gasteiger partial charge in [-0.1, -0.05) is 19.1 Å². The number of rotatable bonds is 6. The largest absolute Gasteiger partial charge is 0.349 e. The fraction of sp³-hybridized carbons (Fsp3) is 0.353. The minimum absolute atomic E-state index is 0.00945. The monoisotopic (exact) mass is 311 g/mol. The van der Waals surface area contributed by atoms with Crippen LogP contribution in [0.25, 0.3) is 11.0 Å². The third-order valence-corrected chi connectivity index (χ3v) is 3.94. The van der Waals surface area contributed by atoms with Gasteiger partial charge in [0.25, 0.3) is 0 Å². The van der Waals surface area contributed by atoms with Crippen LogP contribution in [0.3, 0.4) is 0 Å². The molecule has 1 N–H and O–H groups in total. The number of hydrogen-bond donors (Lipinski definition) is 1. The highest BCUT2D eigenvalue weighted by Crippen LogP contribution is 2.15. The van der Waals surface area contributed by atoms with Crippen molar-refractivity contribution in [2.75, 3.05) is 0 Å². The number of aryl methyl sites for hydroxylation is 1. The predicted octanol–water partition coefficient (Wildman–Crippen LogP) is 2.21. The van der Waals surface area contributed by atoms with Crippen LogP contribution in [0.5, 0.6) is 0 Å². The number of nitrogens with zero attached hydrogens (tertiary/aromatic N) is 4. The van der Waals surface area contributed by atoms with Crippen LogP contribution in [0.4, 0.5) is 0 Å². The van der Waals surface area contributed by atoms with Gasteiger partial charge in [0.15, 0.2) is 0 Å². The fourth-order valence-corrected chi connectivity index (χ4v) is 2.73. The van der Waals surface area contributed by atoms with Crippen molar-refractivity contribution in [3.05, 3.63) is 48.5 Å². The lowest BCUT2D eigenvalue weighted by molar-refractivity contribution is -0.125. The van der Waals surface area contributed by atoms with E-state index in [-0.39, 0.29) is 11.8 Å². The minimum Gasteiger partial charge on any atom is -0.349 e. The number of carbonyl (C=O) groups excluding carboxylic acids is 1. The molecule has 0 aliphatic rings. The highest BCUT2D eigenvalue weighted by Gasteiger charge is 2.15. The molecule has 2 aromatic heterocycles. The number of aromatic nitrogens is 4. The normalized spacial score (nSPS) is 12.4. The van der Waals surface area contributed by atoms with E-state index in [0.717, 1.165) is 23.4 Å². The molecule has 6 heteroatoms. The molecule has 0 aliphatic heterocycles. The molecule has 3 rings (SSSR count). The van der Waals surface area contributed by atoms with Crippen LogP contribution in [0, 0.1) is 5.92 Å². The number of amides is 1. The maximum atomic E-state index is 12.3. The lowest BCUT2D eigenvalue weighted by Crippen LogP contribution is -2.32. The molecule has 0 radical (unpaired) electrons. The molecular weight excluding hydrogens is 290 g/mol. The second-order valence-corrected chi connectivity index (χ2v) is 5.61. The molecule has 0 saturated heterocycles. The average molecular weight is 311 g/mol. The van der Waals surface area contributed by atoms with Crippen molar-refractivity contribution in [2.45, 2.75) is 33.5 Å². The van der Waals surface area contributed by atoms with E-state index in [2.05, 4.69) is 33.0 Å². The second kappa shape index (κ2) is 6.64. The van der Waals surface area contributed by atoms with Crippen molar-refractivity contribution in [3.8, 4) is 0 Å². The van der Waals surface area contributed by atoms with Gasteiger partial charge < -0.3 is 9.88 Å². The summed E-state index contributed by atoms with van der Waals surface area (Å²) in [5, 5.41) is 7.12. The number of benzene rings is 1. The summed E-state index contributed by atoms with van der Waals surface area (Å²) in [7, 11) is 0. The molecule has 1 amide bonds. The first-order valence-electron chi connectivity index (χ1n) is 7.88. The van der Waals surface area contributed by atoms with Crippen LogP contribution >= 0.6 is 0 Å². The van der Waals surface area contributed by atoms with Gasteiger partial charge in [0.1, 0.15) is 5.82 Å². The summed E-state index contributed by atoms with van der Waals surface area (Å²) < 4.78 is 3.90. The van der Waals surface area contributed by atoms with Crippen molar-refractivity contribution in [1.82, 2.24) is 24.6 Å². The van der Waals surface area contributed by atoms with Gasteiger partial charge >= 0.3 is 0 Å². The summed E-state index contributed by atoms with van der Waals surface area (Å²) in [6, 6.07) is 9.88. The van der Waals surface area contributed by atoms with E-state index in [1.807, 2.05) is 37.4 Å². The summed E-state index contributed by atoms with van der Waals surface area (Å²) in [6.07, 6.45) is 3.58. The van der Waals surface area contributed by atoms with E-state index in [1.165, 1.54) is 0 Å². The summed E-state index contributed by atoms with van der Waals surface area (Å²) in [6.45, 7) is 5.82. The van der Waals surface area contributed by atoms with Gasteiger partial charge in [0.05, 0.1) is 30.0 Å². The molecule has 6 nitrogen and oxygen atoms in total. The van der Waals surface area contributed by atoms with Gasteiger partial charge in [-0.2, -0.15) is 5.10 Å². The van der Waals surface area contributed by atoms with Gasteiger partial charge in [-0.15, -0.1) is 0 Å². The lowest BCUT2D eigenvalue weighted by atomic mass is 10.1. The molecule has 2 heterocycles. The molecule has 0 spiro atoms. The third kappa shape index (κ3) is 3.26. The van der Waals surface area contributed by atoms with Crippen molar-refractivity contribution in [2.24, 2.45) is 5.92 Å². The van der Waals surface area contributed by atoms with Crippen molar-refractivity contribution < 1.29 is 4.79 Å². The highest BCUT2D eigenvalue weighted by molar-refractivity contribution is 5.79. The molecule has 23 heavy (non-hydrogen) atoms. The Kier molecular flexibility index (Phi) is 4.41. The number of hydrogen-bond acceptors (Lipinski definition) is 3. The van der Waals surface area contributed by atoms with Crippen LogP contribution in [-0.4, -0.2) is 25.2 Å². The quantitative estimate of drug-likeness (QED) is 0.759. The number of fused-ring (bicyclic) bond motifs is 1. The van der Waals surface area contributed by atoms with Gasteiger partial charge in [0.2, 0.25) is 5.91 Å². The first-order valence-corrected chi connectivity index (χ1v) is 7.88. The van der Waals surface area contributed by atoms with Crippen LogP contribution < -0.4 is 5.32 Å². The van der Waals surface area contributed by atoms with E-state index in [0.29, 0.717) is 13.1 Å². The zero-order valence-electron chi connectivity index (χ0n) is 13.4. The molecule has 0 unspecified atom stereocenters. The summed E-state index contributed by atoms with van der Waals surface area (Å²) in [4.78, 5) is 16.9. The Balaban J connectivity index is 1.67. The minimum atomic E-state index is -0.144. The van der Waals surface area contributed by atoms with Crippen LogP contribution in [-0.2, 0) is 24.4 Å². The number of nitrogens with one attached hydrogen (secondary N) is 1. The number of para-hydroxylation sites is 2. The molecule has 0 saturated carbocycles. The molecular formula is C17H21N5O. The Hall–Kier alpha value is -2.63. The van der Waals surface area contributed by atoms with Crippen molar-refractivity contribution >= 4 is 16.9 Å². The summed E-state index contributed by atoms with van der Waals surface area (Å²) in [5.41, 5.74) is 2.06. The maximum Gasteiger partial charge on any atom is 0.225 e. The highest BCUT2D eigenvalue weighted by atomic mass is 16.1. The Labute approximate surface area is 135 Å². The predicted molar refractivity (Wildman–Crippen MR) is 88.6 cm³/mol. The van der Waals surface area contributed by atoms with Gasteiger partial charge in [-0.05, 0) is 25.1 Å². The standard InChI is InChI=1S/C17H21N5O/c1-3-22-15-8-5-4-7-14(15)20-16(22)11-18-17(23)13(2)12-21-10-6-9-19-21/h4-10,13H,3,11-12H2,1-2H3,(H,18,23)/t13-/m1/s1. The summed E-state index contributed by atoms with van der Waals surface area (Å²) >= 11 is 0. The van der Waals surface area contributed by atoms with Crippen molar-refractivity contribution in [1.29, 1.82) is 0 Å². The first kappa shape index (κ1) is 15.3. The molecule has 0 fully saturated rings. The third-order valence-electron chi connectivity index (χ3n) is 3.94. The Morgan fingerprint density at radius 3 is 2.87 bits per heavy atom. The lowest BCUT2D eigenvalue weighted by Gasteiger charge is -2.13. The van der Waals surface area contributed by atoms with E-state index in [1.54, 1.807) is 10.9 Å². The smallest absolute Gasteiger partial charge is 0.225 e. The molecule has 1 aromatic carbocycles. The average Bonchev–Trinajstić information content (AvgIpc) is 3.19. The molecule has 3 aromatic rings. The van der Waals surface area contributed by atoms with Crippen molar-refractivity contribution in [3.63, 3.8) is 0 Å². The molecule has 0 bridgehead atoms. The zero-order chi connectivity index (χ0) is 16.2. The Bertz CT molecular complexity index is 791. The zero-order valence-corrected chi connectivity index (χ0v) is 13.4. The van der Waals surface area contributed by atoms with Crippen LogP contribution in [0.1, 0.15) is 19.7 Å². The van der Waals surface area contributed by atoms with E-state index >= 15 is 0 Å². The topological polar surface area (TPSA) is 64.7 Å².